The summed E-state index contributed by atoms with van der Waals surface area (Å²) < 4.78 is 26.9. The van der Waals surface area contributed by atoms with E-state index >= 15 is 0 Å². The molecule has 0 aromatic carbocycles. The van der Waals surface area contributed by atoms with Gasteiger partial charge in [-0.25, -0.2) is 18.1 Å². The fourth-order valence-corrected chi connectivity index (χ4v) is 4.70. The molecule has 0 fully saturated rings. The Hall–Kier alpha value is -0.470. The van der Waals surface area contributed by atoms with Crippen LogP contribution in [-0.4, -0.2) is 13.4 Å². The lowest BCUT2D eigenvalue weighted by molar-refractivity contribution is 0.583. The normalized spacial score (nSPS) is 11.9. The summed E-state index contributed by atoms with van der Waals surface area (Å²) in [5.74, 6) is 0. The van der Waals surface area contributed by atoms with Gasteiger partial charge in [-0.15, -0.1) is 0 Å². The van der Waals surface area contributed by atoms with Crippen LogP contribution < -0.4 is 4.72 Å². The van der Waals surface area contributed by atoms with Crippen LogP contribution in [0.5, 0.6) is 0 Å². The summed E-state index contributed by atoms with van der Waals surface area (Å²) in [6, 6.07) is 1.87. The van der Waals surface area contributed by atoms with Crippen molar-refractivity contribution in [2.24, 2.45) is 0 Å². The molecular weight excluding hydrogens is 300 g/mol. The van der Waals surface area contributed by atoms with Crippen molar-refractivity contribution in [3.63, 3.8) is 0 Å². The molecule has 8 heteroatoms. The van der Waals surface area contributed by atoms with E-state index in [9.17, 15) is 8.42 Å². The molecular formula is C9H9ClN2O2S3. The summed E-state index contributed by atoms with van der Waals surface area (Å²) in [5, 5.41) is 3.80. The maximum Gasteiger partial charge on any atom is 0.252 e. The fourth-order valence-electron chi connectivity index (χ4n) is 1.24. The van der Waals surface area contributed by atoms with Gasteiger partial charge in [-0.05, 0) is 29.3 Å². The molecule has 0 radical (unpaired) electrons. The molecule has 0 spiro atoms. The van der Waals surface area contributed by atoms with Crippen molar-refractivity contribution in [1.82, 2.24) is 9.71 Å². The van der Waals surface area contributed by atoms with Crippen LogP contribution in [0, 0.1) is 6.92 Å². The maximum absolute atomic E-state index is 12.0. The van der Waals surface area contributed by atoms with Crippen LogP contribution >= 0.6 is 34.3 Å². The van der Waals surface area contributed by atoms with E-state index in [1.54, 1.807) is 6.92 Å². The molecule has 0 bridgehead atoms. The number of aryl methyl sites for hydroxylation is 1. The van der Waals surface area contributed by atoms with Crippen molar-refractivity contribution in [3.8, 4) is 0 Å². The third-order valence-corrected chi connectivity index (χ3v) is 6.02. The number of sulfonamides is 1. The smallest absolute Gasteiger partial charge is 0.229 e. The number of rotatable bonds is 4. The van der Waals surface area contributed by atoms with E-state index in [1.165, 1.54) is 11.3 Å². The zero-order valence-electron chi connectivity index (χ0n) is 8.81. The predicted molar refractivity (Wildman–Crippen MR) is 70.2 cm³/mol. The summed E-state index contributed by atoms with van der Waals surface area (Å²) in [5.41, 5.74) is 1.37. The van der Waals surface area contributed by atoms with Gasteiger partial charge in [0.15, 0.2) is 8.68 Å². The van der Waals surface area contributed by atoms with Crippen molar-refractivity contribution in [2.75, 3.05) is 0 Å². The number of thiophene rings is 1. The van der Waals surface area contributed by atoms with Crippen LogP contribution in [0.1, 0.15) is 11.3 Å². The van der Waals surface area contributed by atoms with Crippen LogP contribution in [0.25, 0.3) is 0 Å². The zero-order chi connectivity index (χ0) is 12.5. The summed E-state index contributed by atoms with van der Waals surface area (Å²) in [6.07, 6.45) is 0. The van der Waals surface area contributed by atoms with E-state index in [0.29, 0.717) is 5.69 Å². The first-order valence-electron chi connectivity index (χ1n) is 4.63. The largest absolute Gasteiger partial charge is 0.252 e. The Kier molecular flexibility index (Phi) is 3.84. The molecule has 2 rings (SSSR count). The minimum Gasteiger partial charge on any atom is -0.229 e. The van der Waals surface area contributed by atoms with E-state index in [4.69, 9.17) is 11.6 Å². The highest BCUT2D eigenvalue weighted by molar-refractivity contribution is 7.91. The molecule has 0 amide bonds. The Morgan fingerprint density at radius 2 is 2.29 bits per heavy atom. The Morgan fingerprint density at radius 1 is 1.53 bits per heavy atom. The average molecular weight is 309 g/mol. The average Bonchev–Trinajstić information content (AvgIpc) is 2.85. The number of thiazole rings is 1. The molecule has 2 heterocycles. The fraction of sp³-hybridized carbons (Fsp3) is 0.222. The van der Waals surface area contributed by atoms with E-state index < -0.39 is 10.0 Å². The molecule has 0 atom stereocenters. The van der Waals surface area contributed by atoms with Gasteiger partial charge in [0.25, 0.3) is 10.0 Å². The number of aromatic nitrogens is 1. The highest BCUT2D eigenvalue weighted by atomic mass is 35.5. The number of nitrogens with zero attached hydrogens (tertiary/aromatic N) is 1. The van der Waals surface area contributed by atoms with Crippen molar-refractivity contribution >= 4 is 44.3 Å². The highest BCUT2D eigenvalue weighted by Gasteiger charge is 2.20. The van der Waals surface area contributed by atoms with Crippen LogP contribution in [0.4, 0.5) is 0 Å². The van der Waals surface area contributed by atoms with Crippen molar-refractivity contribution in [3.05, 3.63) is 32.6 Å². The first-order valence-corrected chi connectivity index (χ1v) is 8.25. The summed E-state index contributed by atoms with van der Waals surface area (Å²) in [7, 11) is -3.52. The van der Waals surface area contributed by atoms with Gasteiger partial charge in [0.1, 0.15) is 0 Å². The molecule has 0 saturated carbocycles. The number of hydrogen-bond acceptors (Lipinski definition) is 5. The van der Waals surface area contributed by atoms with E-state index in [1.807, 2.05) is 16.8 Å². The topological polar surface area (TPSA) is 59.1 Å². The van der Waals surface area contributed by atoms with Crippen LogP contribution in [-0.2, 0) is 16.6 Å². The number of halogens is 1. The van der Waals surface area contributed by atoms with Gasteiger partial charge in [0, 0.05) is 6.54 Å². The summed E-state index contributed by atoms with van der Waals surface area (Å²) >= 11 is 8.18. The van der Waals surface area contributed by atoms with Crippen molar-refractivity contribution in [1.29, 1.82) is 0 Å². The SMILES string of the molecule is Cc1nc(Cl)sc1S(=O)(=O)NCc1ccsc1. The van der Waals surface area contributed by atoms with Gasteiger partial charge in [-0.1, -0.05) is 22.9 Å². The first kappa shape index (κ1) is 13.0. The Balaban J connectivity index is 2.17. The Labute approximate surface area is 112 Å². The lowest BCUT2D eigenvalue weighted by Crippen LogP contribution is -2.22. The van der Waals surface area contributed by atoms with E-state index in [-0.39, 0.29) is 15.2 Å². The lowest BCUT2D eigenvalue weighted by Gasteiger charge is -2.03. The Morgan fingerprint density at radius 3 is 2.82 bits per heavy atom. The van der Waals surface area contributed by atoms with Gasteiger partial charge >= 0.3 is 0 Å². The molecule has 2 aromatic rings. The third kappa shape index (κ3) is 3.05. The molecule has 2 aromatic heterocycles. The molecule has 92 valence electrons. The quantitative estimate of drug-likeness (QED) is 0.944. The van der Waals surface area contributed by atoms with Crippen LogP contribution in [0.3, 0.4) is 0 Å². The lowest BCUT2D eigenvalue weighted by atomic mass is 10.4. The summed E-state index contributed by atoms with van der Waals surface area (Å²) in [6.45, 7) is 1.91. The third-order valence-electron chi connectivity index (χ3n) is 2.02. The standard InChI is InChI=1S/C9H9ClN2O2S3/c1-6-8(16-9(10)12-6)17(13,14)11-4-7-2-3-15-5-7/h2-3,5,11H,4H2,1H3. The zero-order valence-corrected chi connectivity index (χ0v) is 12.0. The van der Waals surface area contributed by atoms with Crippen molar-refractivity contribution < 1.29 is 8.42 Å². The van der Waals surface area contributed by atoms with Gasteiger partial charge in [0.2, 0.25) is 0 Å². The minimum absolute atomic E-state index is 0.178. The first-order chi connectivity index (χ1) is 7.99. The molecule has 0 aliphatic carbocycles. The van der Waals surface area contributed by atoms with E-state index in [2.05, 4.69) is 9.71 Å². The maximum atomic E-state index is 12.0. The number of nitrogens with one attached hydrogen (secondary N) is 1. The Bertz CT molecular complexity index is 604. The van der Waals surface area contributed by atoms with Crippen molar-refractivity contribution in [2.45, 2.75) is 17.7 Å². The van der Waals surface area contributed by atoms with Crippen LogP contribution in [0.2, 0.25) is 4.47 Å². The van der Waals surface area contributed by atoms with E-state index in [0.717, 1.165) is 16.9 Å². The van der Waals surface area contributed by atoms with Gasteiger partial charge < -0.3 is 0 Å². The molecule has 17 heavy (non-hydrogen) atoms. The second-order valence-electron chi connectivity index (χ2n) is 3.30. The molecule has 1 N–H and O–H groups in total. The van der Waals surface area contributed by atoms with Gasteiger partial charge in [-0.3, -0.25) is 0 Å². The van der Waals surface area contributed by atoms with Gasteiger partial charge in [0.05, 0.1) is 5.69 Å². The monoisotopic (exact) mass is 308 g/mol. The molecule has 0 aliphatic heterocycles. The summed E-state index contributed by atoms with van der Waals surface area (Å²) in [4.78, 5) is 3.89. The molecule has 0 saturated heterocycles. The predicted octanol–water partition coefficient (Wildman–Crippen LogP) is 2.64. The molecule has 0 aliphatic rings. The molecule has 4 nitrogen and oxygen atoms in total. The van der Waals surface area contributed by atoms with Crippen LogP contribution in [0.15, 0.2) is 21.0 Å². The second-order valence-corrected chi connectivity index (χ2v) is 7.62. The number of hydrogen-bond donors (Lipinski definition) is 1. The molecule has 0 unspecified atom stereocenters. The highest BCUT2D eigenvalue weighted by Crippen LogP contribution is 2.26. The second kappa shape index (κ2) is 5.03. The van der Waals surface area contributed by atoms with Gasteiger partial charge in [-0.2, -0.15) is 11.3 Å². The minimum atomic E-state index is -3.52.